The van der Waals surface area contributed by atoms with E-state index in [1.54, 1.807) is 12.1 Å². The molecule has 0 aromatic heterocycles. The van der Waals surface area contributed by atoms with Crippen molar-refractivity contribution in [3.63, 3.8) is 0 Å². The average molecular weight is 282 g/mol. The molecule has 0 saturated carbocycles. The lowest BCUT2D eigenvalue weighted by molar-refractivity contribution is 0.304. The smallest absolute Gasteiger partial charge is 0.209 e. The molecule has 0 heterocycles. The fourth-order valence-corrected chi connectivity index (χ4v) is 2.20. The molecule has 1 rings (SSSR count). The summed E-state index contributed by atoms with van der Waals surface area (Å²) in [5.41, 5.74) is 1.54. The number of rotatable bonds is 7. The molecule has 0 amide bonds. The van der Waals surface area contributed by atoms with Gasteiger partial charge in [-0.3, -0.25) is 0 Å². The third kappa shape index (κ3) is 6.22. The molecule has 0 unspecified atom stereocenters. The molecular weight excluding hydrogens is 264 g/mol. The zero-order chi connectivity index (χ0) is 14.3. The minimum Gasteiger partial charge on any atom is -0.493 e. The fourth-order valence-electron chi connectivity index (χ4n) is 1.59. The van der Waals surface area contributed by atoms with Crippen molar-refractivity contribution < 1.29 is 13.2 Å². The quantitative estimate of drug-likeness (QED) is 0.770. The van der Waals surface area contributed by atoms with Crippen molar-refractivity contribution in [3.8, 4) is 11.8 Å². The van der Waals surface area contributed by atoms with Crippen molar-refractivity contribution >= 4 is 10.0 Å². The first-order valence-electron chi connectivity index (χ1n) is 6.06. The van der Waals surface area contributed by atoms with Crippen LogP contribution in [0.5, 0.6) is 5.75 Å². The fraction of sp³-hybridized carbons (Fsp3) is 0.462. The molecule has 1 aromatic rings. The maximum atomic E-state index is 10.7. The Hall–Kier alpha value is -1.58. The van der Waals surface area contributed by atoms with Crippen LogP contribution >= 0.6 is 0 Å². The SMILES string of the molecule is Cc1ccc(C#N)cc1OCCCCCS(N)(=O)=O. The summed E-state index contributed by atoms with van der Waals surface area (Å²) >= 11 is 0. The van der Waals surface area contributed by atoms with Crippen molar-refractivity contribution in [2.45, 2.75) is 26.2 Å². The van der Waals surface area contributed by atoms with Crippen molar-refractivity contribution in [1.29, 1.82) is 5.26 Å². The number of aryl methyl sites for hydroxylation is 1. The van der Waals surface area contributed by atoms with Gasteiger partial charge < -0.3 is 4.74 Å². The molecule has 0 aliphatic heterocycles. The van der Waals surface area contributed by atoms with Gasteiger partial charge in [-0.2, -0.15) is 5.26 Å². The lowest BCUT2D eigenvalue weighted by atomic mass is 10.1. The first-order valence-corrected chi connectivity index (χ1v) is 7.78. The van der Waals surface area contributed by atoms with Gasteiger partial charge in [0, 0.05) is 0 Å². The maximum Gasteiger partial charge on any atom is 0.209 e. The highest BCUT2D eigenvalue weighted by Gasteiger charge is 2.03. The summed E-state index contributed by atoms with van der Waals surface area (Å²) < 4.78 is 27.0. The van der Waals surface area contributed by atoms with E-state index in [0.29, 0.717) is 24.3 Å². The van der Waals surface area contributed by atoms with Gasteiger partial charge in [-0.05, 0) is 43.9 Å². The van der Waals surface area contributed by atoms with Gasteiger partial charge in [-0.15, -0.1) is 0 Å². The number of benzene rings is 1. The van der Waals surface area contributed by atoms with Crippen LogP contribution in [0.15, 0.2) is 18.2 Å². The van der Waals surface area contributed by atoms with Crippen LogP contribution in [0.25, 0.3) is 0 Å². The first kappa shape index (κ1) is 15.5. The van der Waals surface area contributed by atoms with E-state index in [2.05, 4.69) is 6.07 Å². The van der Waals surface area contributed by atoms with Crippen molar-refractivity contribution in [1.82, 2.24) is 0 Å². The van der Waals surface area contributed by atoms with Crippen LogP contribution < -0.4 is 9.88 Å². The third-order valence-corrected chi connectivity index (χ3v) is 3.51. The Kier molecular flexibility index (Phi) is 5.80. The molecule has 0 spiro atoms. The molecule has 0 aliphatic carbocycles. The zero-order valence-electron chi connectivity index (χ0n) is 10.9. The molecule has 19 heavy (non-hydrogen) atoms. The lowest BCUT2D eigenvalue weighted by Gasteiger charge is -2.09. The Morgan fingerprint density at radius 3 is 2.68 bits per heavy atom. The summed E-state index contributed by atoms with van der Waals surface area (Å²) in [6, 6.07) is 7.36. The van der Waals surface area contributed by atoms with E-state index in [4.69, 9.17) is 15.1 Å². The van der Waals surface area contributed by atoms with Gasteiger partial charge in [-0.1, -0.05) is 6.07 Å². The van der Waals surface area contributed by atoms with Gasteiger partial charge in [0.1, 0.15) is 5.75 Å². The largest absolute Gasteiger partial charge is 0.493 e. The minimum atomic E-state index is -3.36. The van der Waals surface area contributed by atoms with Crippen LogP contribution in [0, 0.1) is 18.3 Å². The monoisotopic (exact) mass is 282 g/mol. The van der Waals surface area contributed by atoms with Gasteiger partial charge in [0.15, 0.2) is 0 Å². The van der Waals surface area contributed by atoms with Gasteiger partial charge in [0.2, 0.25) is 10.0 Å². The van der Waals surface area contributed by atoms with E-state index in [1.807, 2.05) is 13.0 Å². The Morgan fingerprint density at radius 1 is 1.32 bits per heavy atom. The summed E-state index contributed by atoms with van der Waals surface area (Å²) in [5, 5.41) is 13.7. The van der Waals surface area contributed by atoms with Crippen molar-refractivity contribution in [2.24, 2.45) is 5.14 Å². The van der Waals surface area contributed by atoms with Crippen LogP contribution in [-0.4, -0.2) is 20.8 Å². The van der Waals surface area contributed by atoms with E-state index in [-0.39, 0.29) is 5.75 Å². The number of ether oxygens (including phenoxy) is 1. The normalized spacial score (nSPS) is 11.0. The lowest BCUT2D eigenvalue weighted by Crippen LogP contribution is -2.16. The van der Waals surface area contributed by atoms with E-state index in [1.165, 1.54) is 0 Å². The molecule has 0 saturated heterocycles. The highest BCUT2D eigenvalue weighted by molar-refractivity contribution is 7.89. The van der Waals surface area contributed by atoms with Crippen LogP contribution in [-0.2, 0) is 10.0 Å². The maximum absolute atomic E-state index is 10.7. The van der Waals surface area contributed by atoms with Crippen LogP contribution in [0.3, 0.4) is 0 Å². The summed E-state index contributed by atoms with van der Waals surface area (Å²) in [5.74, 6) is 0.709. The van der Waals surface area contributed by atoms with E-state index >= 15 is 0 Å². The topological polar surface area (TPSA) is 93.2 Å². The van der Waals surface area contributed by atoms with Gasteiger partial charge in [0.05, 0.1) is 24.0 Å². The molecule has 6 heteroatoms. The first-order chi connectivity index (χ1) is 8.92. The Balaban J connectivity index is 2.32. The van der Waals surface area contributed by atoms with Crippen molar-refractivity contribution in [3.05, 3.63) is 29.3 Å². The molecule has 0 aliphatic rings. The second kappa shape index (κ2) is 7.12. The number of nitriles is 1. The summed E-state index contributed by atoms with van der Waals surface area (Å²) in [6.07, 6.45) is 2.04. The number of sulfonamides is 1. The van der Waals surface area contributed by atoms with E-state index < -0.39 is 10.0 Å². The van der Waals surface area contributed by atoms with Crippen LogP contribution in [0.1, 0.15) is 30.4 Å². The number of hydrogen-bond acceptors (Lipinski definition) is 4. The minimum absolute atomic E-state index is 0.00987. The molecular formula is C13H18N2O3S. The summed E-state index contributed by atoms with van der Waals surface area (Å²) in [4.78, 5) is 0. The van der Waals surface area contributed by atoms with Crippen LogP contribution in [0.2, 0.25) is 0 Å². The molecule has 2 N–H and O–H groups in total. The molecule has 104 valence electrons. The van der Waals surface area contributed by atoms with E-state index in [9.17, 15) is 8.42 Å². The summed E-state index contributed by atoms with van der Waals surface area (Å²) in [7, 11) is -3.36. The van der Waals surface area contributed by atoms with Gasteiger partial charge in [0.25, 0.3) is 0 Å². The predicted octanol–water partition coefficient (Wildman–Crippen LogP) is 1.70. The number of unbranched alkanes of at least 4 members (excludes halogenated alkanes) is 2. The Bertz CT molecular complexity index is 562. The highest BCUT2D eigenvalue weighted by Crippen LogP contribution is 2.19. The average Bonchev–Trinajstić information content (AvgIpc) is 2.34. The van der Waals surface area contributed by atoms with E-state index in [0.717, 1.165) is 18.4 Å². The summed E-state index contributed by atoms with van der Waals surface area (Å²) in [6.45, 7) is 2.41. The number of nitrogens with two attached hydrogens (primary N) is 1. The molecule has 1 aromatic carbocycles. The van der Waals surface area contributed by atoms with Crippen LogP contribution in [0.4, 0.5) is 0 Å². The number of nitrogens with zero attached hydrogens (tertiary/aromatic N) is 1. The number of hydrogen-bond donors (Lipinski definition) is 1. The number of primary sulfonamides is 1. The third-order valence-electron chi connectivity index (χ3n) is 2.65. The van der Waals surface area contributed by atoms with Gasteiger partial charge in [-0.25, -0.2) is 13.6 Å². The Morgan fingerprint density at radius 2 is 2.05 bits per heavy atom. The van der Waals surface area contributed by atoms with Crippen molar-refractivity contribution in [2.75, 3.05) is 12.4 Å². The highest BCUT2D eigenvalue weighted by atomic mass is 32.2. The standard InChI is InChI=1S/C13H18N2O3S/c1-11-5-6-12(10-14)9-13(11)18-7-3-2-4-8-19(15,16)17/h5-6,9H,2-4,7-8H2,1H3,(H2,15,16,17). The second-order valence-corrected chi connectivity index (χ2v) is 6.10. The predicted molar refractivity (Wildman–Crippen MR) is 73.2 cm³/mol. The molecule has 0 atom stereocenters. The van der Waals surface area contributed by atoms with Gasteiger partial charge >= 0.3 is 0 Å². The molecule has 0 bridgehead atoms. The molecule has 5 nitrogen and oxygen atoms in total. The zero-order valence-corrected chi connectivity index (χ0v) is 11.7. The molecule has 0 fully saturated rings. The Labute approximate surface area is 114 Å². The molecule has 0 radical (unpaired) electrons. The second-order valence-electron chi connectivity index (χ2n) is 4.37.